The van der Waals surface area contributed by atoms with Gasteiger partial charge in [-0.1, -0.05) is 36.4 Å². The molecule has 0 aliphatic carbocycles. The maximum absolute atomic E-state index is 13.0. The van der Waals surface area contributed by atoms with Gasteiger partial charge in [0, 0.05) is 6.42 Å². The molecule has 2 aromatic carbocycles. The number of hydrogen-bond donors (Lipinski definition) is 2. The average Bonchev–Trinajstić information content (AvgIpc) is 3.00. The molecule has 0 spiro atoms. The Morgan fingerprint density at radius 3 is 2.55 bits per heavy atom. The summed E-state index contributed by atoms with van der Waals surface area (Å²) >= 11 is 0. The van der Waals surface area contributed by atoms with Crippen LogP contribution in [0.5, 0.6) is 0 Å². The molecule has 2 aliphatic heterocycles. The Kier molecular flexibility index (Phi) is 5.59. The molecule has 1 atom stereocenters. The summed E-state index contributed by atoms with van der Waals surface area (Å²) in [6.07, 6.45) is 0.0946. The molecule has 9 heteroatoms. The van der Waals surface area contributed by atoms with Crippen molar-refractivity contribution in [2.24, 2.45) is 0 Å². The number of benzene rings is 2. The third kappa shape index (κ3) is 4.08. The zero-order valence-electron chi connectivity index (χ0n) is 16.4. The van der Waals surface area contributed by atoms with Gasteiger partial charge in [-0.15, -0.1) is 0 Å². The Labute approximate surface area is 177 Å². The van der Waals surface area contributed by atoms with E-state index in [1.165, 1.54) is 12.1 Å². The molecule has 2 heterocycles. The minimum absolute atomic E-state index is 0.0219. The number of amides is 5. The number of anilines is 1. The van der Waals surface area contributed by atoms with Crippen LogP contribution in [-0.4, -0.2) is 47.1 Å². The van der Waals surface area contributed by atoms with Crippen LogP contribution >= 0.6 is 0 Å². The quantitative estimate of drug-likeness (QED) is 0.677. The van der Waals surface area contributed by atoms with Gasteiger partial charge in [0.2, 0.25) is 17.7 Å². The molecular weight excluding hydrogens is 402 g/mol. The number of carbonyl (C=O) groups excluding carboxylic acids is 5. The number of rotatable bonds is 6. The highest BCUT2D eigenvalue weighted by molar-refractivity contribution is 6.26. The van der Waals surface area contributed by atoms with Crippen LogP contribution in [-0.2, 0) is 25.7 Å². The van der Waals surface area contributed by atoms with Crippen LogP contribution in [0, 0.1) is 0 Å². The largest absolute Gasteiger partial charge is 0.367 e. The van der Waals surface area contributed by atoms with Crippen molar-refractivity contribution in [1.29, 1.82) is 0 Å². The van der Waals surface area contributed by atoms with E-state index >= 15 is 0 Å². The fraction of sp³-hybridized carbons (Fsp3) is 0.227. The van der Waals surface area contributed by atoms with E-state index in [1.807, 2.05) is 30.3 Å². The SMILES string of the molecule is O=C1CCC(N2C(=O)c3cccc(NC(=O)COCc4ccccc4)c3C2=O)C(=O)N1. The van der Waals surface area contributed by atoms with Gasteiger partial charge in [-0.2, -0.15) is 0 Å². The second-order valence-electron chi connectivity index (χ2n) is 7.20. The smallest absolute Gasteiger partial charge is 0.264 e. The van der Waals surface area contributed by atoms with Gasteiger partial charge in [-0.3, -0.25) is 34.2 Å². The lowest BCUT2D eigenvalue weighted by atomic mass is 10.0. The highest BCUT2D eigenvalue weighted by Crippen LogP contribution is 2.32. The Morgan fingerprint density at radius 2 is 1.81 bits per heavy atom. The molecular formula is C22H19N3O6. The Balaban J connectivity index is 1.46. The number of nitrogens with one attached hydrogen (secondary N) is 2. The first kappa shape index (κ1) is 20.4. The van der Waals surface area contributed by atoms with Gasteiger partial charge in [0.25, 0.3) is 11.8 Å². The first-order valence-corrected chi connectivity index (χ1v) is 9.72. The molecule has 2 N–H and O–H groups in total. The normalized spacial score (nSPS) is 18.1. The molecule has 2 aromatic rings. The number of ether oxygens (including phenoxy) is 1. The molecule has 2 aliphatic rings. The van der Waals surface area contributed by atoms with Crippen molar-refractivity contribution in [3.05, 3.63) is 65.2 Å². The second kappa shape index (κ2) is 8.49. The first-order chi connectivity index (χ1) is 15.0. The summed E-state index contributed by atoms with van der Waals surface area (Å²) in [5.74, 6) is -2.93. The van der Waals surface area contributed by atoms with Crippen molar-refractivity contribution in [3.63, 3.8) is 0 Å². The number of hydrogen-bond acceptors (Lipinski definition) is 6. The minimum atomic E-state index is -1.07. The predicted molar refractivity (Wildman–Crippen MR) is 108 cm³/mol. The lowest BCUT2D eigenvalue weighted by Gasteiger charge is -2.27. The molecule has 0 saturated carbocycles. The molecule has 5 amide bonds. The minimum Gasteiger partial charge on any atom is -0.367 e. The Bertz CT molecular complexity index is 1080. The molecule has 0 bridgehead atoms. The Hall–Kier alpha value is -3.85. The van der Waals surface area contributed by atoms with Crippen LogP contribution in [0.1, 0.15) is 39.1 Å². The van der Waals surface area contributed by atoms with Crippen LogP contribution in [0.3, 0.4) is 0 Å². The predicted octanol–water partition coefficient (Wildman–Crippen LogP) is 1.24. The van der Waals surface area contributed by atoms with Crippen molar-refractivity contribution >= 4 is 35.2 Å². The number of fused-ring (bicyclic) bond motifs is 1. The molecule has 4 rings (SSSR count). The van der Waals surface area contributed by atoms with E-state index in [0.29, 0.717) is 0 Å². The van der Waals surface area contributed by atoms with Gasteiger partial charge >= 0.3 is 0 Å². The standard InChI is InChI=1S/C22H19N3O6/c26-17-10-9-16(20(28)24-17)25-21(29)14-7-4-8-15(19(14)22(25)30)23-18(27)12-31-11-13-5-2-1-3-6-13/h1-8,16H,9-12H2,(H,23,27)(H,24,26,28). The van der Waals surface area contributed by atoms with E-state index in [9.17, 15) is 24.0 Å². The van der Waals surface area contributed by atoms with Gasteiger partial charge in [-0.25, -0.2) is 0 Å². The monoisotopic (exact) mass is 421 g/mol. The summed E-state index contributed by atoms with van der Waals surface area (Å²) in [6, 6.07) is 12.8. The van der Waals surface area contributed by atoms with Crippen molar-refractivity contribution in [2.75, 3.05) is 11.9 Å². The third-order valence-electron chi connectivity index (χ3n) is 5.09. The molecule has 0 aromatic heterocycles. The topological polar surface area (TPSA) is 122 Å². The fourth-order valence-corrected chi connectivity index (χ4v) is 3.64. The van der Waals surface area contributed by atoms with E-state index in [2.05, 4.69) is 10.6 Å². The van der Waals surface area contributed by atoms with Gasteiger partial charge < -0.3 is 10.1 Å². The van der Waals surface area contributed by atoms with Crippen molar-refractivity contribution < 1.29 is 28.7 Å². The average molecular weight is 421 g/mol. The highest BCUT2D eigenvalue weighted by atomic mass is 16.5. The van der Waals surface area contributed by atoms with Gasteiger partial charge in [0.05, 0.1) is 23.4 Å². The van der Waals surface area contributed by atoms with Crippen LogP contribution in [0.15, 0.2) is 48.5 Å². The summed E-state index contributed by atoms with van der Waals surface area (Å²) in [4.78, 5) is 62.5. The maximum Gasteiger partial charge on any atom is 0.264 e. The van der Waals surface area contributed by atoms with E-state index in [-0.39, 0.29) is 42.9 Å². The fourth-order valence-electron chi connectivity index (χ4n) is 3.64. The van der Waals surface area contributed by atoms with E-state index in [1.54, 1.807) is 6.07 Å². The van der Waals surface area contributed by atoms with Gasteiger partial charge in [0.15, 0.2) is 0 Å². The van der Waals surface area contributed by atoms with Crippen LogP contribution in [0.25, 0.3) is 0 Å². The van der Waals surface area contributed by atoms with Gasteiger partial charge in [0.1, 0.15) is 12.6 Å². The van der Waals surface area contributed by atoms with Gasteiger partial charge in [-0.05, 0) is 24.1 Å². The molecule has 9 nitrogen and oxygen atoms in total. The first-order valence-electron chi connectivity index (χ1n) is 9.72. The number of carbonyl (C=O) groups is 5. The summed E-state index contributed by atoms with van der Waals surface area (Å²) in [6.45, 7) is 0.0133. The summed E-state index contributed by atoms with van der Waals surface area (Å²) in [5.41, 5.74) is 1.20. The van der Waals surface area contributed by atoms with Crippen molar-refractivity contribution in [2.45, 2.75) is 25.5 Å². The maximum atomic E-state index is 13.0. The van der Waals surface area contributed by atoms with Crippen LogP contribution in [0.4, 0.5) is 5.69 Å². The van der Waals surface area contributed by atoms with E-state index < -0.39 is 35.6 Å². The van der Waals surface area contributed by atoms with E-state index in [0.717, 1.165) is 10.5 Å². The van der Waals surface area contributed by atoms with E-state index in [4.69, 9.17) is 4.74 Å². The molecule has 1 unspecified atom stereocenters. The second-order valence-corrected chi connectivity index (χ2v) is 7.20. The molecule has 0 radical (unpaired) electrons. The lowest BCUT2D eigenvalue weighted by Crippen LogP contribution is -2.54. The van der Waals surface area contributed by atoms with Crippen molar-refractivity contribution in [1.82, 2.24) is 10.2 Å². The number of nitrogens with zero attached hydrogens (tertiary/aromatic N) is 1. The number of piperidine rings is 1. The summed E-state index contributed by atoms with van der Waals surface area (Å²) < 4.78 is 5.40. The number of imide groups is 2. The molecule has 158 valence electrons. The van der Waals surface area contributed by atoms with Crippen LogP contribution < -0.4 is 10.6 Å². The van der Waals surface area contributed by atoms with Crippen LogP contribution in [0.2, 0.25) is 0 Å². The molecule has 1 fully saturated rings. The summed E-state index contributed by atoms with van der Waals surface area (Å²) in [7, 11) is 0. The zero-order chi connectivity index (χ0) is 22.0. The zero-order valence-corrected chi connectivity index (χ0v) is 16.4. The third-order valence-corrected chi connectivity index (χ3v) is 5.09. The highest BCUT2D eigenvalue weighted by Gasteiger charge is 2.45. The summed E-state index contributed by atoms with van der Waals surface area (Å²) in [5, 5.41) is 4.75. The Morgan fingerprint density at radius 1 is 1.03 bits per heavy atom. The lowest BCUT2D eigenvalue weighted by molar-refractivity contribution is -0.136. The molecule has 1 saturated heterocycles. The molecule has 31 heavy (non-hydrogen) atoms. The van der Waals surface area contributed by atoms with Crippen molar-refractivity contribution in [3.8, 4) is 0 Å².